The number of para-hydroxylation sites is 1. The van der Waals surface area contributed by atoms with Crippen molar-refractivity contribution < 1.29 is 13.7 Å². The fourth-order valence-electron chi connectivity index (χ4n) is 4.48. The molecular weight excluding hydrogens is 408 g/mol. The standard InChI is InChI=1S/C25H24N2O3S/c1-30-19-9-6-16(7-10-19)14-17-8-11-21-23(25(28)26-18-12-13-31(29)15-18)20-4-2-3-5-22(20)27-24(17)21/h2-7,9-10,14,18H,8,11-13,15H2,1H3,(H,26,28)/b17-14+. The van der Waals surface area contributed by atoms with Crippen LogP contribution in [-0.2, 0) is 17.2 Å². The lowest BCUT2D eigenvalue weighted by Gasteiger charge is -2.16. The average Bonchev–Trinajstić information content (AvgIpc) is 3.38. The number of ether oxygens (including phenoxy) is 1. The first-order valence-electron chi connectivity index (χ1n) is 10.5. The van der Waals surface area contributed by atoms with Crippen LogP contribution in [0, 0.1) is 0 Å². The Bertz CT molecular complexity index is 1220. The number of pyridine rings is 1. The zero-order chi connectivity index (χ0) is 21.4. The van der Waals surface area contributed by atoms with Gasteiger partial charge in [-0.2, -0.15) is 0 Å². The van der Waals surface area contributed by atoms with Crippen molar-refractivity contribution in [2.45, 2.75) is 25.3 Å². The van der Waals surface area contributed by atoms with Crippen molar-refractivity contribution in [2.75, 3.05) is 18.6 Å². The van der Waals surface area contributed by atoms with Crippen molar-refractivity contribution >= 4 is 39.3 Å². The number of amides is 1. The van der Waals surface area contributed by atoms with Crippen LogP contribution in [0.2, 0.25) is 0 Å². The molecule has 0 spiro atoms. The molecule has 5 nitrogen and oxygen atoms in total. The van der Waals surface area contributed by atoms with Gasteiger partial charge in [-0.15, -0.1) is 0 Å². The minimum Gasteiger partial charge on any atom is -0.497 e. The largest absolute Gasteiger partial charge is 0.497 e. The maximum absolute atomic E-state index is 13.3. The van der Waals surface area contributed by atoms with Crippen LogP contribution in [0.3, 0.4) is 0 Å². The molecule has 3 aromatic rings. The summed E-state index contributed by atoms with van der Waals surface area (Å²) in [4.78, 5) is 18.3. The molecule has 1 fully saturated rings. The molecule has 2 aliphatic rings. The van der Waals surface area contributed by atoms with Gasteiger partial charge in [0.25, 0.3) is 5.91 Å². The van der Waals surface area contributed by atoms with Crippen molar-refractivity contribution in [1.82, 2.24) is 10.3 Å². The Labute approximate surface area is 184 Å². The molecule has 1 amide bonds. The maximum atomic E-state index is 13.3. The maximum Gasteiger partial charge on any atom is 0.252 e. The van der Waals surface area contributed by atoms with Gasteiger partial charge in [-0.25, -0.2) is 4.98 Å². The van der Waals surface area contributed by atoms with Crippen LogP contribution in [0.1, 0.15) is 40.0 Å². The molecule has 158 valence electrons. The number of carbonyl (C=O) groups excluding carboxylic acids is 1. The van der Waals surface area contributed by atoms with Crippen LogP contribution in [0.4, 0.5) is 0 Å². The van der Waals surface area contributed by atoms with Gasteiger partial charge in [0.05, 0.1) is 23.9 Å². The van der Waals surface area contributed by atoms with Crippen LogP contribution >= 0.6 is 0 Å². The number of nitrogens with one attached hydrogen (secondary N) is 1. The number of aromatic nitrogens is 1. The first-order chi connectivity index (χ1) is 15.1. The third kappa shape index (κ3) is 3.88. The second-order valence-electron chi connectivity index (χ2n) is 8.04. The highest BCUT2D eigenvalue weighted by atomic mass is 32.2. The molecule has 1 aliphatic heterocycles. The van der Waals surface area contributed by atoms with Crippen molar-refractivity contribution in [3.63, 3.8) is 0 Å². The van der Waals surface area contributed by atoms with Gasteiger partial charge < -0.3 is 10.1 Å². The molecule has 0 radical (unpaired) electrons. The molecule has 1 aliphatic carbocycles. The second-order valence-corrected chi connectivity index (χ2v) is 9.66. The van der Waals surface area contributed by atoms with Gasteiger partial charge in [0, 0.05) is 33.7 Å². The molecule has 1 saturated heterocycles. The van der Waals surface area contributed by atoms with E-state index in [-0.39, 0.29) is 11.9 Å². The summed E-state index contributed by atoms with van der Waals surface area (Å²) in [5.41, 5.74) is 5.69. The number of nitrogens with zero attached hydrogens (tertiary/aromatic N) is 1. The lowest BCUT2D eigenvalue weighted by Crippen LogP contribution is -2.36. The molecule has 31 heavy (non-hydrogen) atoms. The predicted octanol–water partition coefficient (Wildman–Crippen LogP) is 3.98. The number of carbonyl (C=O) groups is 1. The number of hydrogen-bond donors (Lipinski definition) is 1. The molecule has 2 unspecified atom stereocenters. The van der Waals surface area contributed by atoms with Crippen molar-refractivity contribution in [2.24, 2.45) is 0 Å². The predicted molar refractivity (Wildman–Crippen MR) is 125 cm³/mol. The summed E-state index contributed by atoms with van der Waals surface area (Å²) in [6.45, 7) is 0. The van der Waals surface area contributed by atoms with Gasteiger partial charge in [0.15, 0.2) is 0 Å². The Kier molecular flexibility index (Phi) is 5.32. The summed E-state index contributed by atoms with van der Waals surface area (Å²) < 4.78 is 17.0. The summed E-state index contributed by atoms with van der Waals surface area (Å²) in [5.74, 6) is 1.95. The fraction of sp³-hybridized carbons (Fsp3) is 0.280. The first kappa shape index (κ1) is 19.9. The van der Waals surface area contributed by atoms with E-state index in [1.807, 2.05) is 48.5 Å². The molecule has 0 saturated carbocycles. The van der Waals surface area contributed by atoms with Crippen LogP contribution in [0.5, 0.6) is 5.75 Å². The third-order valence-corrected chi connectivity index (χ3v) is 7.51. The fourth-order valence-corrected chi connectivity index (χ4v) is 5.89. The quantitative estimate of drug-likeness (QED) is 0.677. The number of benzene rings is 2. The summed E-state index contributed by atoms with van der Waals surface area (Å²) in [6.07, 6.45) is 4.55. The molecule has 2 atom stereocenters. The van der Waals surface area contributed by atoms with Crippen molar-refractivity contribution in [3.05, 3.63) is 70.9 Å². The Hall–Kier alpha value is -2.99. The molecule has 0 bridgehead atoms. The monoisotopic (exact) mass is 432 g/mol. The van der Waals surface area contributed by atoms with Gasteiger partial charge in [0.2, 0.25) is 0 Å². The van der Waals surface area contributed by atoms with E-state index in [1.165, 1.54) is 0 Å². The van der Waals surface area contributed by atoms with Crippen LogP contribution in [0.15, 0.2) is 48.5 Å². The van der Waals surface area contributed by atoms with Gasteiger partial charge in [-0.3, -0.25) is 9.00 Å². The molecule has 2 heterocycles. The first-order valence-corrected chi connectivity index (χ1v) is 12.0. The normalized spacial score (nSPS) is 21.4. The lowest BCUT2D eigenvalue weighted by molar-refractivity contribution is 0.0942. The zero-order valence-electron chi connectivity index (χ0n) is 17.4. The average molecular weight is 433 g/mol. The molecule has 6 heteroatoms. The Morgan fingerprint density at radius 3 is 2.71 bits per heavy atom. The van der Waals surface area contributed by atoms with E-state index in [0.717, 1.165) is 63.9 Å². The zero-order valence-corrected chi connectivity index (χ0v) is 18.2. The molecule has 5 rings (SSSR count). The number of methoxy groups -OCH3 is 1. The minimum absolute atomic E-state index is 0.0216. The second kappa shape index (κ2) is 8.27. The molecule has 1 aromatic heterocycles. The molecular formula is C25H24N2O3S. The van der Waals surface area contributed by atoms with Gasteiger partial charge >= 0.3 is 0 Å². The summed E-state index contributed by atoms with van der Waals surface area (Å²) in [7, 11) is 0.830. The molecule has 2 aromatic carbocycles. The van der Waals surface area contributed by atoms with Gasteiger partial charge in [0.1, 0.15) is 5.75 Å². The van der Waals surface area contributed by atoms with Crippen molar-refractivity contribution in [3.8, 4) is 5.75 Å². The Morgan fingerprint density at radius 2 is 1.97 bits per heavy atom. The molecule has 1 N–H and O–H groups in total. The van der Waals surface area contributed by atoms with Gasteiger partial charge in [-0.1, -0.05) is 30.3 Å². The smallest absolute Gasteiger partial charge is 0.252 e. The highest BCUT2D eigenvalue weighted by Gasteiger charge is 2.29. The minimum atomic E-state index is -0.828. The number of fused-ring (bicyclic) bond motifs is 2. The summed E-state index contributed by atoms with van der Waals surface area (Å²) >= 11 is 0. The topological polar surface area (TPSA) is 68.3 Å². The summed E-state index contributed by atoms with van der Waals surface area (Å²) in [6, 6.07) is 15.7. The number of hydrogen-bond acceptors (Lipinski definition) is 4. The Morgan fingerprint density at radius 1 is 1.16 bits per heavy atom. The van der Waals surface area contributed by atoms with Crippen LogP contribution in [0.25, 0.3) is 22.6 Å². The SMILES string of the molecule is COc1ccc(/C=C2\CCc3c2nc2ccccc2c3C(=O)NC2CCS(=O)C2)cc1. The van der Waals surface area contributed by atoms with E-state index in [4.69, 9.17) is 9.72 Å². The summed E-state index contributed by atoms with van der Waals surface area (Å²) in [5, 5.41) is 4.01. The third-order valence-electron chi connectivity index (χ3n) is 6.04. The number of allylic oxidation sites excluding steroid dienone is 1. The van der Waals surface area contributed by atoms with Gasteiger partial charge in [-0.05, 0) is 60.2 Å². The van der Waals surface area contributed by atoms with E-state index in [9.17, 15) is 9.00 Å². The van der Waals surface area contributed by atoms with Crippen LogP contribution < -0.4 is 10.1 Å². The van der Waals surface area contributed by atoms with E-state index in [2.05, 4.69) is 11.4 Å². The van der Waals surface area contributed by atoms with Crippen LogP contribution in [-0.4, -0.2) is 39.8 Å². The highest BCUT2D eigenvalue weighted by Crippen LogP contribution is 2.37. The van der Waals surface area contributed by atoms with E-state index in [1.54, 1.807) is 7.11 Å². The highest BCUT2D eigenvalue weighted by molar-refractivity contribution is 7.85. The Balaban J connectivity index is 1.56. The van der Waals surface area contributed by atoms with E-state index < -0.39 is 10.8 Å². The van der Waals surface area contributed by atoms with E-state index >= 15 is 0 Å². The van der Waals surface area contributed by atoms with Crippen molar-refractivity contribution in [1.29, 1.82) is 0 Å². The van der Waals surface area contributed by atoms with E-state index in [0.29, 0.717) is 11.5 Å². The lowest BCUT2D eigenvalue weighted by atomic mass is 9.99. The number of rotatable bonds is 4.